The molecule has 0 aromatic carbocycles. The molecule has 2 aromatic heterocycles. The summed E-state index contributed by atoms with van der Waals surface area (Å²) in [6, 6.07) is 2.53. The minimum Gasteiger partial charge on any atom is -0.340 e. The Labute approximate surface area is 106 Å². The summed E-state index contributed by atoms with van der Waals surface area (Å²) in [5, 5.41) is 5.53. The molecular weight excluding hydrogens is 286 g/mol. The molecule has 0 spiro atoms. The average molecular weight is 298 g/mol. The van der Waals surface area contributed by atoms with Crippen LogP contribution in [0.4, 0.5) is 0 Å². The van der Waals surface area contributed by atoms with Gasteiger partial charge in [-0.3, -0.25) is 0 Å². The van der Waals surface area contributed by atoms with Gasteiger partial charge < -0.3 is 10.3 Å². The Hall–Kier alpha value is -0.650. The molecule has 1 saturated heterocycles. The van der Waals surface area contributed by atoms with Crippen LogP contribution in [0.3, 0.4) is 0 Å². The lowest BCUT2D eigenvalue weighted by Crippen LogP contribution is -2.14. The Bertz CT molecular complexity index is 485. The fraction of sp³-hybridized carbons (Fsp3) is 0.364. The van der Waals surface area contributed by atoms with Crippen molar-refractivity contribution in [3.63, 3.8) is 0 Å². The molecular formula is C11H12BrN3S. The van der Waals surface area contributed by atoms with Gasteiger partial charge in [0.2, 0.25) is 0 Å². The van der Waals surface area contributed by atoms with Crippen molar-refractivity contribution in [1.29, 1.82) is 0 Å². The molecule has 0 saturated carbocycles. The molecule has 1 fully saturated rings. The molecule has 3 rings (SSSR count). The van der Waals surface area contributed by atoms with Crippen molar-refractivity contribution < 1.29 is 0 Å². The number of nitrogens with zero attached hydrogens (tertiary/aromatic N) is 1. The molecule has 0 radical (unpaired) electrons. The molecule has 1 unspecified atom stereocenters. The molecule has 0 amide bonds. The lowest BCUT2D eigenvalue weighted by Gasteiger charge is -2.04. The monoisotopic (exact) mass is 297 g/mol. The number of rotatable bonds is 2. The summed E-state index contributed by atoms with van der Waals surface area (Å²) in [5.74, 6) is 1.07. The zero-order chi connectivity index (χ0) is 11.0. The number of halogens is 1. The van der Waals surface area contributed by atoms with Crippen LogP contribution < -0.4 is 5.32 Å². The number of imidazole rings is 1. The molecule has 0 bridgehead atoms. The highest BCUT2D eigenvalue weighted by molar-refractivity contribution is 9.10. The maximum atomic E-state index is 4.46. The van der Waals surface area contributed by atoms with E-state index in [-0.39, 0.29) is 0 Å². The maximum Gasteiger partial charge on any atom is 0.123 e. The van der Waals surface area contributed by atoms with Gasteiger partial charge in [-0.15, -0.1) is 11.3 Å². The van der Waals surface area contributed by atoms with Crippen LogP contribution >= 0.6 is 27.3 Å². The van der Waals surface area contributed by atoms with Crippen molar-refractivity contribution >= 4 is 27.3 Å². The molecule has 2 N–H and O–H groups in total. The van der Waals surface area contributed by atoms with Crippen molar-refractivity contribution in [2.45, 2.75) is 18.9 Å². The van der Waals surface area contributed by atoms with Crippen LogP contribution in [0.2, 0.25) is 0 Å². The van der Waals surface area contributed by atoms with Crippen LogP contribution in [0.25, 0.3) is 10.6 Å². The molecule has 1 atom stereocenters. The van der Waals surface area contributed by atoms with E-state index in [0.717, 1.165) is 22.5 Å². The van der Waals surface area contributed by atoms with Gasteiger partial charge in [-0.1, -0.05) is 0 Å². The summed E-state index contributed by atoms with van der Waals surface area (Å²) in [6.45, 7) is 1.10. The van der Waals surface area contributed by atoms with Gasteiger partial charge in [-0.25, -0.2) is 4.98 Å². The van der Waals surface area contributed by atoms with E-state index in [1.165, 1.54) is 17.7 Å². The van der Waals surface area contributed by atoms with E-state index in [1.807, 2.05) is 6.20 Å². The molecule has 84 valence electrons. The highest BCUT2D eigenvalue weighted by Gasteiger charge is 2.19. The number of aromatic amines is 1. The van der Waals surface area contributed by atoms with Crippen LogP contribution in [-0.2, 0) is 0 Å². The largest absolute Gasteiger partial charge is 0.340 e. The van der Waals surface area contributed by atoms with E-state index in [9.17, 15) is 0 Å². The van der Waals surface area contributed by atoms with Gasteiger partial charge in [0.25, 0.3) is 0 Å². The standard InChI is InChI=1S/C11H12BrN3S/c12-7-4-10(16-6-7)9-5-14-11(15-9)8-2-1-3-13-8/h4-6,8,13H,1-3H2,(H,14,15). The number of aromatic nitrogens is 2. The summed E-state index contributed by atoms with van der Waals surface area (Å²) in [7, 11) is 0. The Balaban J connectivity index is 1.87. The smallest absolute Gasteiger partial charge is 0.123 e. The van der Waals surface area contributed by atoms with Crippen molar-refractivity contribution in [1.82, 2.24) is 15.3 Å². The Kier molecular flexibility index (Phi) is 2.83. The van der Waals surface area contributed by atoms with Gasteiger partial charge in [0.1, 0.15) is 5.82 Å². The molecule has 16 heavy (non-hydrogen) atoms. The average Bonchev–Trinajstić information content (AvgIpc) is 2.97. The number of hydrogen-bond acceptors (Lipinski definition) is 3. The van der Waals surface area contributed by atoms with Crippen molar-refractivity contribution in [3.8, 4) is 10.6 Å². The summed E-state index contributed by atoms with van der Waals surface area (Å²) in [6.07, 6.45) is 4.35. The van der Waals surface area contributed by atoms with Gasteiger partial charge in [-0.05, 0) is 41.4 Å². The molecule has 3 heterocycles. The minimum absolute atomic E-state index is 0.414. The normalized spacial score (nSPS) is 20.4. The summed E-state index contributed by atoms with van der Waals surface area (Å²) in [4.78, 5) is 9.08. The topological polar surface area (TPSA) is 40.7 Å². The highest BCUT2D eigenvalue weighted by atomic mass is 79.9. The molecule has 5 heteroatoms. The minimum atomic E-state index is 0.414. The van der Waals surface area contributed by atoms with E-state index >= 15 is 0 Å². The lowest BCUT2D eigenvalue weighted by atomic mass is 10.2. The van der Waals surface area contributed by atoms with Crippen LogP contribution in [0, 0.1) is 0 Å². The summed E-state index contributed by atoms with van der Waals surface area (Å²) in [5.41, 5.74) is 1.11. The van der Waals surface area contributed by atoms with Crippen molar-refractivity contribution in [2.24, 2.45) is 0 Å². The lowest BCUT2D eigenvalue weighted by molar-refractivity contribution is 0.613. The Morgan fingerprint density at radius 2 is 2.44 bits per heavy atom. The SMILES string of the molecule is Brc1csc(-c2cnc(C3CCCN3)[nH]2)c1. The third-order valence-electron chi connectivity index (χ3n) is 2.82. The zero-order valence-corrected chi connectivity index (χ0v) is 11.1. The number of hydrogen-bond donors (Lipinski definition) is 2. The first kappa shape index (κ1) is 10.5. The number of thiophene rings is 1. The van der Waals surface area contributed by atoms with Gasteiger partial charge in [-0.2, -0.15) is 0 Å². The molecule has 1 aliphatic rings. The first-order valence-electron chi connectivity index (χ1n) is 5.35. The first-order valence-corrected chi connectivity index (χ1v) is 7.03. The third-order valence-corrected chi connectivity index (χ3v) is 4.54. The van der Waals surface area contributed by atoms with Crippen molar-refractivity contribution in [3.05, 3.63) is 27.9 Å². The maximum absolute atomic E-state index is 4.46. The third kappa shape index (κ3) is 1.95. The predicted molar refractivity (Wildman–Crippen MR) is 69.6 cm³/mol. The fourth-order valence-electron chi connectivity index (χ4n) is 2.01. The zero-order valence-electron chi connectivity index (χ0n) is 8.66. The van der Waals surface area contributed by atoms with Crippen molar-refractivity contribution in [2.75, 3.05) is 6.54 Å². The van der Waals surface area contributed by atoms with Gasteiger partial charge in [0.05, 0.1) is 22.8 Å². The molecule has 2 aromatic rings. The summed E-state index contributed by atoms with van der Waals surface area (Å²) >= 11 is 5.19. The van der Waals surface area contributed by atoms with Gasteiger partial charge >= 0.3 is 0 Å². The number of nitrogens with one attached hydrogen (secondary N) is 2. The first-order chi connectivity index (χ1) is 7.83. The summed E-state index contributed by atoms with van der Waals surface area (Å²) < 4.78 is 1.13. The second-order valence-corrected chi connectivity index (χ2v) is 5.79. The second-order valence-electron chi connectivity index (χ2n) is 3.96. The Morgan fingerprint density at radius 1 is 1.50 bits per heavy atom. The fourth-order valence-corrected chi connectivity index (χ4v) is 3.41. The number of H-pyrrole nitrogens is 1. The van der Waals surface area contributed by atoms with E-state index < -0.39 is 0 Å². The van der Waals surface area contributed by atoms with Crippen LogP contribution in [0.5, 0.6) is 0 Å². The van der Waals surface area contributed by atoms with E-state index in [1.54, 1.807) is 11.3 Å². The van der Waals surface area contributed by atoms with Crippen LogP contribution in [0.15, 0.2) is 22.1 Å². The second kappa shape index (κ2) is 4.31. The Morgan fingerprint density at radius 3 is 3.12 bits per heavy atom. The van der Waals surface area contributed by atoms with Gasteiger partial charge in [0.15, 0.2) is 0 Å². The van der Waals surface area contributed by atoms with Gasteiger partial charge in [0, 0.05) is 9.85 Å². The highest BCUT2D eigenvalue weighted by Crippen LogP contribution is 2.30. The quantitative estimate of drug-likeness (QED) is 0.893. The van der Waals surface area contributed by atoms with E-state index in [4.69, 9.17) is 0 Å². The molecule has 0 aliphatic carbocycles. The van der Waals surface area contributed by atoms with E-state index in [0.29, 0.717) is 6.04 Å². The molecule has 3 nitrogen and oxygen atoms in total. The molecule has 1 aliphatic heterocycles. The predicted octanol–water partition coefficient (Wildman–Crippen LogP) is 3.33. The van der Waals surface area contributed by atoms with E-state index in [2.05, 4.69) is 42.7 Å². The van der Waals surface area contributed by atoms with Crippen LogP contribution in [-0.4, -0.2) is 16.5 Å². The van der Waals surface area contributed by atoms with Crippen LogP contribution in [0.1, 0.15) is 24.7 Å².